The Morgan fingerprint density at radius 3 is 2.76 bits per heavy atom. The fourth-order valence-corrected chi connectivity index (χ4v) is 3.00. The van der Waals surface area contributed by atoms with Gasteiger partial charge in [-0.3, -0.25) is 9.52 Å². The first-order valence-corrected chi connectivity index (χ1v) is 7.10. The molecule has 0 aliphatic heterocycles. The minimum Gasteiger partial charge on any atom is -0.298 e. The van der Waals surface area contributed by atoms with E-state index in [0.29, 0.717) is 12.6 Å². The van der Waals surface area contributed by atoms with Crippen LogP contribution in [0.25, 0.3) is 0 Å². The second-order valence-electron chi connectivity index (χ2n) is 4.53. The fraction of sp³-hybridized carbons (Fsp3) is 0.750. The van der Waals surface area contributed by atoms with Crippen LogP contribution in [0.4, 0.5) is 0 Å². The average molecular weight is 302 g/mol. The predicted molar refractivity (Wildman–Crippen MR) is 70.5 cm³/mol. The summed E-state index contributed by atoms with van der Waals surface area (Å²) in [6.45, 7) is 2.81. The Labute approximate surface area is 111 Å². The highest BCUT2D eigenvalue weighted by molar-refractivity contribution is 9.10. The van der Waals surface area contributed by atoms with Gasteiger partial charge in [-0.05, 0) is 35.2 Å². The summed E-state index contributed by atoms with van der Waals surface area (Å²) in [4.78, 5) is 5.65. The maximum absolute atomic E-state index is 5.65. The van der Waals surface area contributed by atoms with Crippen molar-refractivity contribution in [2.24, 2.45) is 7.05 Å². The molecule has 1 aromatic heterocycles. The van der Waals surface area contributed by atoms with Crippen LogP contribution in [0, 0.1) is 0 Å². The average Bonchev–Trinajstić information content (AvgIpc) is 2.91. The molecule has 0 amide bonds. The lowest BCUT2D eigenvalue weighted by Crippen LogP contribution is -2.22. The highest BCUT2D eigenvalue weighted by Crippen LogP contribution is 2.22. The topological polar surface area (TPSA) is 39.1 Å². The molecule has 1 heterocycles. The third-order valence-corrected chi connectivity index (χ3v) is 4.21. The molecule has 0 radical (unpaired) electrons. The molecule has 1 aliphatic rings. The van der Waals surface area contributed by atoms with Crippen molar-refractivity contribution in [3.63, 3.8) is 0 Å². The molecule has 0 spiro atoms. The van der Waals surface area contributed by atoms with Crippen LogP contribution in [-0.2, 0) is 24.9 Å². The highest BCUT2D eigenvalue weighted by atomic mass is 79.9. The first kappa shape index (κ1) is 13.1. The molecule has 96 valence electrons. The molecule has 0 atom stereocenters. The number of aryl methyl sites for hydroxylation is 2. The molecule has 1 saturated carbocycles. The van der Waals surface area contributed by atoms with Crippen LogP contribution in [0.15, 0.2) is 4.47 Å². The van der Waals surface area contributed by atoms with Crippen LogP contribution >= 0.6 is 15.9 Å². The Morgan fingerprint density at radius 2 is 2.18 bits per heavy atom. The first-order valence-electron chi connectivity index (χ1n) is 6.31. The van der Waals surface area contributed by atoms with Gasteiger partial charge < -0.3 is 0 Å². The summed E-state index contributed by atoms with van der Waals surface area (Å²) < 4.78 is 3.01. The van der Waals surface area contributed by atoms with E-state index in [2.05, 4.69) is 33.4 Å². The van der Waals surface area contributed by atoms with Crippen LogP contribution in [0.3, 0.4) is 0 Å². The van der Waals surface area contributed by atoms with E-state index in [1.807, 2.05) is 11.7 Å². The summed E-state index contributed by atoms with van der Waals surface area (Å²) >= 11 is 3.60. The lowest BCUT2D eigenvalue weighted by molar-refractivity contribution is -0.0254. The maximum atomic E-state index is 5.65. The second kappa shape index (κ2) is 5.98. The van der Waals surface area contributed by atoms with E-state index < -0.39 is 0 Å². The van der Waals surface area contributed by atoms with Crippen LogP contribution in [0.2, 0.25) is 0 Å². The molecule has 1 N–H and O–H groups in total. The zero-order valence-electron chi connectivity index (χ0n) is 10.5. The van der Waals surface area contributed by atoms with Crippen molar-refractivity contribution in [3.8, 4) is 0 Å². The van der Waals surface area contributed by atoms with Crippen molar-refractivity contribution in [2.45, 2.75) is 51.7 Å². The van der Waals surface area contributed by atoms with Gasteiger partial charge in [0.2, 0.25) is 0 Å². The van der Waals surface area contributed by atoms with Gasteiger partial charge in [-0.1, -0.05) is 19.8 Å². The molecule has 4 nitrogen and oxygen atoms in total. The predicted octanol–water partition coefficient (Wildman–Crippen LogP) is 2.71. The zero-order valence-corrected chi connectivity index (χ0v) is 12.1. The van der Waals surface area contributed by atoms with Gasteiger partial charge in [0, 0.05) is 7.05 Å². The summed E-state index contributed by atoms with van der Waals surface area (Å²) in [5, 5.41) is 4.45. The normalized spacial score (nSPS) is 16.9. The first-order chi connectivity index (χ1) is 8.22. The minimum absolute atomic E-state index is 0.396. The highest BCUT2D eigenvalue weighted by Gasteiger charge is 2.17. The molecule has 2 rings (SSSR count). The molecule has 1 fully saturated rings. The molecule has 5 heteroatoms. The Bertz CT molecular complexity index is 372. The van der Waals surface area contributed by atoms with E-state index in [1.54, 1.807) is 0 Å². The summed E-state index contributed by atoms with van der Waals surface area (Å²) in [6.07, 6.45) is 6.29. The maximum Gasteiger partial charge on any atom is 0.0790 e. The van der Waals surface area contributed by atoms with Crippen molar-refractivity contribution in [1.82, 2.24) is 15.3 Å². The van der Waals surface area contributed by atoms with E-state index in [4.69, 9.17) is 4.84 Å². The van der Waals surface area contributed by atoms with E-state index in [0.717, 1.165) is 22.3 Å². The molecule has 1 aliphatic carbocycles. The van der Waals surface area contributed by atoms with Gasteiger partial charge in [-0.2, -0.15) is 10.6 Å². The molecular weight excluding hydrogens is 282 g/mol. The number of halogens is 1. The molecule has 0 unspecified atom stereocenters. The van der Waals surface area contributed by atoms with Crippen LogP contribution in [-0.4, -0.2) is 15.9 Å². The van der Waals surface area contributed by atoms with Crippen molar-refractivity contribution in [2.75, 3.05) is 0 Å². The van der Waals surface area contributed by atoms with Crippen LogP contribution in [0.1, 0.15) is 44.0 Å². The third kappa shape index (κ3) is 3.09. The van der Waals surface area contributed by atoms with Gasteiger partial charge in [-0.15, -0.1) is 0 Å². The zero-order chi connectivity index (χ0) is 12.3. The molecule has 17 heavy (non-hydrogen) atoms. The smallest absolute Gasteiger partial charge is 0.0790 e. The molecule has 0 saturated heterocycles. The van der Waals surface area contributed by atoms with Gasteiger partial charge >= 0.3 is 0 Å². The van der Waals surface area contributed by atoms with Gasteiger partial charge in [0.25, 0.3) is 0 Å². The number of rotatable bonds is 5. The van der Waals surface area contributed by atoms with E-state index in [1.165, 1.54) is 25.7 Å². The molecular formula is C12H20BrN3O. The van der Waals surface area contributed by atoms with Crippen molar-refractivity contribution in [3.05, 3.63) is 15.9 Å². The van der Waals surface area contributed by atoms with E-state index >= 15 is 0 Å². The summed E-state index contributed by atoms with van der Waals surface area (Å²) in [7, 11) is 1.97. The third-order valence-electron chi connectivity index (χ3n) is 3.29. The summed E-state index contributed by atoms with van der Waals surface area (Å²) in [6, 6.07) is 0. The van der Waals surface area contributed by atoms with E-state index in [-0.39, 0.29) is 0 Å². The second-order valence-corrected chi connectivity index (χ2v) is 5.32. The largest absolute Gasteiger partial charge is 0.298 e. The lowest BCUT2D eigenvalue weighted by atomic mass is 10.3. The van der Waals surface area contributed by atoms with Gasteiger partial charge in [0.15, 0.2) is 0 Å². The van der Waals surface area contributed by atoms with Gasteiger partial charge in [0.05, 0.1) is 28.5 Å². The van der Waals surface area contributed by atoms with Crippen LogP contribution < -0.4 is 5.48 Å². The Kier molecular flexibility index (Phi) is 4.59. The summed E-state index contributed by atoms with van der Waals surface area (Å²) in [5.74, 6) is 0. The molecule has 0 bridgehead atoms. The Morgan fingerprint density at radius 1 is 1.47 bits per heavy atom. The van der Waals surface area contributed by atoms with Crippen molar-refractivity contribution >= 4 is 15.9 Å². The Balaban J connectivity index is 1.87. The monoisotopic (exact) mass is 301 g/mol. The number of nitrogens with one attached hydrogen (secondary N) is 1. The quantitative estimate of drug-likeness (QED) is 0.850. The number of hydrogen-bond acceptors (Lipinski definition) is 3. The number of aromatic nitrogens is 2. The van der Waals surface area contributed by atoms with Gasteiger partial charge in [0.1, 0.15) is 0 Å². The minimum atomic E-state index is 0.396. The van der Waals surface area contributed by atoms with E-state index in [9.17, 15) is 0 Å². The number of nitrogens with zero attached hydrogens (tertiary/aromatic N) is 2. The van der Waals surface area contributed by atoms with Gasteiger partial charge in [-0.25, -0.2) is 0 Å². The van der Waals surface area contributed by atoms with Crippen molar-refractivity contribution in [1.29, 1.82) is 0 Å². The van der Waals surface area contributed by atoms with Crippen LogP contribution in [0.5, 0.6) is 0 Å². The standard InChI is InChI=1S/C12H20BrN3O/c1-3-10-12(13)11(16(2)15-10)8-14-17-9-6-4-5-7-9/h9,14H,3-8H2,1-2H3. The lowest BCUT2D eigenvalue weighted by Gasteiger charge is -2.11. The van der Waals surface area contributed by atoms with Crippen molar-refractivity contribution < 1.29 is 4.84 Å². The molecule has 0 aromatic carbocycles. The number of hydroxylamine groups is 1. The summed E-state index contributed by atoms with van der Waals surface area (Å²) in [5.41, 5.74) is 5.31. The SMILES string of the molecule is CCc1nn(C)c(CNOC2CCCC2)c1Br. The fourth-order valence-electron chi connectivity index (χ4n) is 2.25. The number of hydrogen-bond donors (Lipinski definition) is 1. The molecule has 1 aromatic rings. The Hall–Kier alpha value is -0.390.